The SMILES string of the molecule is CCCN(CCO)CC1(CNC(C)(C)C)CCCCCC1. The third-order valence-corrected chi connectivity index (χ3v) is 4.67. The molecule has 0 unspecified atom stereocenters. The zero-order chi connectivity index (χ0) is 15.8. The van der Waals surface area contributed by atoms with Crippen LogP contribution in [0.25, 0.3) is 0 Å². The number of nitrogens with zero attached hydrogens (tertiary/aromatic N) is 1. The Labute approximate surface area is 132 Å². The summed E-state index contributed by atoms with van der Waals surface area (Å²) < 4.78 is 0. The van der Waals surface area contributed by atoms with Gasteiger partial charge in [-0.2, -0.15) is 0 Å². The minimum Gasteiger partial charge on any atom is -0.395 e. The van der Waals surface area contributed by atoms with Crippen molar-refractivity contribution in [2.24, 2.45) is 5.41 Å². The molecule has 0 radical (unpaired) electrons. The number of aliphatic hydroxyl groups is 1. The van der Waals surface area contributed by atoms with E-state index in [0.29, 0.717) is 5.41 Å². The smallest absolute Gasteiger partial charge is 0.0558 e. The van der Waals surface area contributed by atoms with Gasteiger partial charge in [0, 0.05) is 25.2 Å². The van der Waals surface area contributed by atoms with Gasteiger partial charge in [-0.3, -0.25) is 0 Å². The van der Waals surface area contributed by atoms with E-state index in [-0.39, 0.29) is 12.1 Å². The molecule has 0 amide bonds. The van der Waals surface area contributed by atoms with Gasteiger partial charge in [0.05, 0.1) is 6.61 Å². The summed E-state index contributed by atoms with van der Waals surface area (Å²) in [4.78, 5) is 2.48. The topological polar surface area (TPSA) is 35.5 Å². The van der Waals surface area contributed by atoms with E-state index in [1.807, 2.05) is 0 Å². The fraction of sp³-hybridized carbons (Fsp3) is 1.00. The molecule has 0 aliphatic heterocycles. The Morgan fingerprint density at radius 2 is 1.67 bits per heavy atom. The molecule has 1 saturated carbocycles. The Morgan fingerprint density at radius 3 is 2.14 bits per heavy atom. The Kier molecular flexibility index (Phi) is 8.22. The molecule has 0 saturated heterocycles. The van der Waals surface area contributed by atoms with Crippen LogP contribution in [0, 0.1) is 5.41 Å². The number of hydrogen-bond acceptors (Lipinski definition) is 3. The van der Waals surface area contributed by atoms with Crippen LogP contribution >= 0.6 is 0 Å². The summed E-state index contributed by atoms with van der Waals surface area (Å²) in [7, 11) is 0. The lowest BCUT2D eigenvalue weighted by Crippen LogP contribution is -2.49. The maximum absolute atomic E-state index is 9.33. The third-order valence-electron chi connectivity index (χ3n) is 4.67. The van der Waals surface area contributed by atoms with Gasteiger partial charge in [-0.05, 0) is 52.0 Å². The third kappa shape index (κ3) is 7.62. The molecule has 21 heavy (non-hydrogen) atoms. The lowest BCUT2D eigenvalue weighted by atomic mass is 9.79. The van der Waals surface area contributed by atoms with Gasteiger partial charge < -0.3 is 15.3 Å². The van der Waals surface area contributed by atoms with E-state index in [9.17, 15) is 5.11 Å². The van der Waals surface area contributed by atoms with Crippen LogP contribution in [0.4, 0.5) is 0 Å². The second-order valence-corrected chi connectivity index (χ2v) is 8.02. The summed E-state index contributed by atoms with van der Waals surface area (Å²) in [6, 6.07) is 0. The van der Waals surface area contributed by atoms with Crippen LogP contribution in [-0.2, 0) is 0 Å². The van der Waals surface area contributed by atoms with Crippen molar-refractivity contribution in [2.45, 2.75) is 78.2 Å². The van der Waals surface area contributed by atoms with Crippen LogP contribution in [0.1, 0.15) is 72.6 Å². The maximum Gasteiger partial charge on any atom is 0.0558 e. The van der Waals surface area contributed by atoms with Gasteiger partial charge in [-0.25, -0.2) is 0 Å². The first kappa shape index (κ1) is 18.9. The van der Waals surface area contributed by atoms with Crippen LogP contribution in [0.15, 0.2) is 0 Å². The van der Waals surface area contributed by atoms with E-state index in [0.717, 1.165) is 26.2 Å². The summed E-state index contributed by atoms with van der Waals surface area (Å²) in [6.07, 6.45) is 9.36. The summed E-state index contributed by atoms with van der Waals surface area (Å²) in [5.74, 6) is 0. The van der Waals surface area contributed by atoms with Crippen molar-refractivity contribution < 1.29 is 5.11 Å². The molecule has 0 spiro atoms. The highest BCUT2D eigenvalue weighted by atomic mass is 16.3. The van der Waals surface area contributed by atoms with E-state index in [4.69, 9.17) is 0 Å². The number of aliphatic hydroxyl groups excluding tert-OH is 1. The lowest BCUT2D eigenvalue weighted by Gasteiger charge is -2.40. The second-order valence-electron chi connectivity index (χ2n) is 8.02. The highest BCUT2D eigenvalue weighted by Gasteiger charge is 2.33. The molecule has 3 nitrogen and oxygen atoms in total. The van der Waals surface area contributed by atoms with Crippen molar-refractivity contribution >= 4 is 0 Å². The summed E-state index contributed by atoms with van der Waals surface area (Å²) in [5.41, 5.74) is 0.583. The van der Waals surface area contributed by atoms with E-state index < -0.39 is 0 Å². The van der Waals surface area contributed by atoms with Crippen LogP contribution in [0.2, 0.25) is 0 Å². The fourth-order valence-corrected chi connectivity index (χ4v) is 3.52. The molecular weight excluding hydrogens is 260 g/mol. The molecular formula is C18H38N2O. The Hall–Kier alpha value is -0.120. The quantitative estimate of drug-likeness (QED) is 0.674. The first-order valence-electron chi connectivity index (χ1n) is 8.99. The fourth-order valence-electron chi connectivity index (χ4n) is 3.52. The van der Waals surface area contributed by atoms with Gasteiger partial charge in [0.1, 0.15) is 0 Å². The first-order valence-corrected chi connectivity index (χ1v) is 8.99. The first-order chi connectivity index (χ1) is 9.91. The molecule has 126 valence electrons. The molecule has 0 aromatic carbocycles. The Balaban J connectivity index is 2.73. The zero-order valence-corrected chi connectivity index (χ0v) is 14.9. The summed E-state index contributed by atoms with van der Waals surface area (Å²) in [6.45, 7) is 13.5. The molecule has 1 aliphatic carbocycles. The predicted octanol–water partition coefficient (Wildman–Crippen LogP) is 3.42. The number of hydrogen-bond donors (Lipinski definition) is 2. The summed E-state index contributed by atoms with van der Waals surface area (Å²) in [5, 5.41) is 13.1. The van der Waals surface area contributed by atoms with Gasteiger partial charge in [-0.15, -0.1) is 0 Å². The molecule has 1 fully saturated rings. The van der Waals surface area contributed by atoms with Gasteiger partial charge in [-0.1, -0.05) is 32.6 Å². The van der Waals surface area contributed by atoms with Gasteiger partial charge in [0.15, 0.2) is 0 Å². The van der Waals surface area contributed by atoms with E-state index in [2.05, 4.69) is 37.9 Å². The van der Waals surface area contributed by atoms with Crippen molar-refractivity contribution in [3.8, 4) is 0 Å². The minimum atomic E-state index is 0.186. The highest BCUT2D eigenvalue weighted by molar-refractivity contribution is 4.89. The van der Waals surface area contributed by atoms with Crippen molar-refractivity contribution in [3.05, 3.63) is 0 Å². The van der Waals surface area contributed by atoms with Gasteiger partial charge >= 0.3 is 0 Å². The van der Waals surface area contributed by atoms with Crippen molar-refractivity contribution in [3.63, 3.8) is 0 Å². The van der Waals surface area contributed by atoms with Crippen molar-refractivity contribution in [1.82, 2.24) is 10.2 Å². The van der Waals surface area contributed by atoms with Crippen molar-refractivity contribution in [1.29, 1.82) is 0 Å². The second kappa shape index (κ2) is 9.12. The highest BCUT2D eigenvalue weighted by Crippen LogP contribution is 2.36. The van der Waals surface area contributed by atoms with E-state index in [1.165, 1.54) is 44.9 Å². The maximum atomic E-state index is 9.33. The van der Waals surface area contributed by atoms with Crippen LogP contribution in [0.3, 0.4) is 0 Å². The molecule has 0 atom stereocenters. The normalized spacial score (nSPS) is 19.7. The van der Waals surface area contributed by atoms with Gasteiger partial charge in [0.2, 0.25) is 0 Å². The Bertz CT molecular complexity index is 259. The molecule has 0 heterocycles. The standard InChI is InChI=1S/C18H38N2O/c1-5-12-20(13-14-21)16-18(15-19-17(2,3)4)10-8-6-7-9-11-18/h19,21H,5-16H2,1-4H3. The monoisotopic (exact) mass is 298 g/mol. The predicted molar refractivity (Wildman–Crippen MR) is 91.7 cm³/mol. The molecule has 0 aromatic rings. The van der Waals surface area contributed by atoms with E-state index >= 15 is 0 Å². The van der Waals surface area contributed by atoms with Crippen LogP contribution < -0.4 is 5.32 Å². The average Bonchev–Trinajstić information content (AvgIpc) is 2.63. The molecule has 0 bridgehead atoms. The summed E-state index contributed by atoms with van der Waals surface area (Å²) >= 11 is 0. The minimum absolute atomic E-state index is 0.186. The molecule has 3 heteroatoms. The number of nitrogens with one attached hydrogen (secondary N) is 1. The number of rotatable bonds is 8. The van der Waals surface area contributed by atoms with Crippen LogP contribution in [-0.4, -0.2) is 48.3 Å². The molecule has 0 aromatic heterocycles. The lowest BCUT2D eigenvalue weighted by molar-refractivity contribution is 0.102. The van der Waals surface area contributed by atoms with Gasteiger partial charge in [0.25, 0.3) is 0 Å². The van der Waals surface area contributed by atoms with Crippen LogP contribution in [0.5, 0.6) is 0 Å². The van der Waals surface area contributed by atoms with E-state index in [1.54, 1.807) is 0 Å². The molecule has 1 aliphatic rings. The zero-order valence-electron chi connectivity index (χ0n) is 14.9. The molecule has 2 N–H and O–H groups in total. The molecule has 1 rings (SSSR count). The average molecular weight is 299 g/mol. The Morgan fingerprint density at radius 1 is 1.05 bits per heavy atom. The van der Waals surface area contributed by atoms with Crippen molar-refractivity contribution in [2.75, 3.05) is 32.8 Å². The largest absolute Gasteiger partial charge is 0.395 e.